The Morgan fingerprint density at radius 1 is 1.17 bits per heavy atom. The summed E-state index contributed by atoms with van der Waals surface area (Å²) in [7, 11) is 1.78. The van der Waals surface area contributed by atoms with Crippen molar-refractivity contribution in [2.75, 3.05) is 4.90 Å². The quantitative estimate of drug-likeness (QED) is 0.395. The van der Waals surface area contributed by atoms with E-state index in [1.165, 1.54) is 0 Å². The van der Waals surface area contributed by atoms with Crippen LogP contribution in [0.1, 0.15) is 41.0 Å². The van der Waals surface area contributed by atoms with E-state index in [0.29, 0.717) is 40.0 Å². The van der Waals surface area contributed by atoms with Crippen LogP contribution in [-0.2, 0) is 20.1 Å². The van der Waals surface area contributed by atoms with E-state index in [1.807, 2.05) is 18.2 Å². The zero-order valence-electron chi connectivity index (χ0n) is 19.6. The number of nitrogens with two attached hydrogens (primary N) is 1. The van der Waals surface area contributed by atoms with E-state index in [0.717, 1.165) is 16.7 Å². The van der Waals surface area contributed by atoms with Crippen molar-refractivity contribution in [3.8, 4) is 23.0 Å². The third-order valence-corrected chi connectivity index (χ3v) is 6.01. The summed E-state index contributed by atoms with van der Waals surface area (Å²) in [5, 5.41) is 22.1. The number of amides is 1. The first kappa shape index (κ1) is 22.5. The number of nitrogens with one attached hydrogen (secondary N) is 1. The SMILES string of the molecule is Cn1ncc(-c2ccc3c(=O)[nH]nc(CN)c3c2)c1N1Cc2c(C#CC(C)(C)O)cccc2C1=O. The zero-order valence-corrected chi connectivity index (χ0v) is 19.6. The van der Waals surface area contributed by atoms with Gasteiger partial charge in [-0.3, -0.25) is 19.2 Å². The summed E-state index contributed by atoms with van der Waals surface area (Å²) in [6, 6.07) is 10.8. The summed E-state index contributed by atoms with van der Waals surface area (Å²) in [5.74, 6) is 6.31. The summed E-state index contributed by atoms with van der Waals surface area (Å²) in [4.78, 5) is 27.4. The Kier molecular flexibility index (Phi) is 5.28. The van der Waals surface area contributed by atoms with Gasteiger partial charge in [-0.2, -0.15) is 10.2 Å². The average molecular weight is 469 g/mol. The van der Waals surface area contributed by atoms with Crippen LogP contribution in [0.5, 0.6) is 0 Å². The Balaban J connectivity index is 1.61. The fourth-order valence-electron chi connectivity index (χ4n) is 4.34. The molecular weight excluding hydrogens is 444 g/mol. The van der Waals surface area contributed by atoms with Crippen LogP contribution in [0.25, 0.3) is 21.9 Å². The maximum Gasteiger partial charge on any atom is 0.272 e. The standard InChI is InChI=1S/C26H24N6O3/c1-26(2,35)10-9-15-5-4-6-18-21(15)14-32(25(18)34)24-20(13-28-31(24)3)16-7-8-17-19(11-16)22(12-27)29-30-23(17)33/h4-8,11,13,35H,12,14,27H2,1-3H3,(H,30,33). The zero-order chi connectivity index (χ0) is 24.9. The maximum absolute atomic E-state index is 13.5. The number of nitrogens with zero attached hydrogens (tertiary/aromatic N) is 4. The molecule has 2 aromatic heterocycles. The highest BCUT2D eigenvalue weighted by molar-refractivity contribution is 6.11. The summed E-state index contributed by atoms with van der Waals surface area (Å²) >= 11 is 0. The molecule has 0 unspecified atom stereocenters. The lowest BCUT2D eigenvalue weighted by molar-refractivity contribution is 0.0995. The lowest BCUT2D eigenvalue weighted by Crippen LogP contribution is -2.26. The van der Waals surface area contributed by atoms with E-state index in [1.54, 1.807) is 54.9 Å². The van der Waals surface area contributed by atoms with Gasteiger partial charge in [0.2, 0.25) is 0 Å². The van der Waals surface area contributed by atoms with E-state index < -0.39 is 5.60 Å². The number of carbonyl (C=O) groups excluding carboxylic acids is 1. The Morgan fingerprint density at radius 3 is 2.71 bits per heavy atom. The maximum atomic E-state index is 13.5. The van der Waals surface area contributed by atoms with Gasteiger partial charge >= 0.3 is 0 Å². The van der Waals surface area contributed by atoms with Gasteiger partial charge in [-0.1, -0.05) is 24.0 Å². The smallest absolute Gasteiger partial charge is 0.272 e. The number of anilines is 1. The van der Waals surface area contributed by atoms with Gasteiger partial charge in [0.15, 0.2) is 0 Å². The first-order valence-corrected chi connectivity index (χ1v) is 11.1. The van der Waals surface area contributed by atoms with Gasteiger partial charge in [-0.15, -0.1) is 0 Å². The number of carbonyl (C=O) groups is 1. The lowest BCUT2D eigenvalue weighted by Gasteiger charge is -2.18. The average Bonchev–Trinajstić information content (AvgIpc) is 3.37. The summed E-state index contributed by atoms with van der Waals surface area (Å²) in [6.45, 7) is 3.72. The molecule has 2 aromatic carbocycles. The number of aryl methyl sites for hydroxylation is 1. The largest absolute Gasteiger partial charge is 0.378 e. The van der Waals surface area contributed by atoms with Crippen LogP contribution in [0.3, 0.4) is 0 Å². The number of aromatic nitrogens is 4. The van der Waals surface area contributed by atoms with Crippen LogP contribution < -0.4 is 16.2 Å². The van der Waals surface area contributed by atoms with Crippen molar-refractivity contribution >= 4 is 22.5 Å². The molecule has 1 aliphatic heterocycles. The molecule has 0 fully saturated rings. The second-order valence-electron chi connectivity index (χ2n) is 9.00. The van der Waals surface area contributed by atoms with Gasteiger partial charge < -0.3 is 10.8 Å². The normalized spacial score (nSPS) is 13.2. The number of hydrogen-bond acceptors (Lipinski definition) is 6. The molecule has 0 radical (unpaired) electrons. The first-order chi connectivity index (χ1) is 16.7. The van der Waals surface area contributed by atoms with Crippen LogP contribution in [0.4, 0.5) is 5.82 Å². The Bertz CT molecular complexity index is 1610. The lowest BCUT2D eigenvalue weighted by atomic mass is 10.0. The fourth-order valence-corrected chi connectivity index (χ4v) is 4.34. The Labute approximate surface area is 201 Å². The van der Waals surface area contributed by atoms with Crippen molar-refractivity contribution in [3.05, 3.63) is 75.3 Å². The van der Waals surface area contributed by atoms with Gasteiger partial charge in [0.05, 0.1) is 23.8 Å². The van der Waals surface area contributed by atoms with Crippen LogP contribution in [0.2, 0.25) is 0 Å². The second-order valence-corrected chi connectivity index (χ2v) is 9.00. The van der Waals surface area contributed by atoms with E-state index in [4.69, 9.17) is 5.73 Å². The monoisotopic (exact) mass is 468 g/mol. The van der Waals surface area contributed by atoms with Crippen LogP contribution >= 0.6 is 0 Å². The number of aromatic amines is 1. The van der Waals surface area contributed by atoms with Crippen LogP contribution in [-0.4, -0.2) is 36.6 Å². The molecule has 4 N–H and O–H groups in total. The van der Waals surface area contributed by atoms with E-state index in [9.17, 15) is 14.7 Å². The van der Waals surface area contributed by atoms with E-state index in [2.05, 4.69) is 27.1 Å². The van der Waals surface area contributed by atoms with Crippen molar-refractivity contribution in [2.45, 2.75) is 32.5 Å². The minimum absolute atomic E-state index is 0.154. The van der Waals surface area contributed by atoms with Crippen LogP contribution in [0, 0.1) is 11.8 Å². The molecular formula is C26H24N6O3. The molecule has 0 saturated carbocycles. The highest BCUT2D eigenvalue weighted by Crippen LogP contribution is 2.37. The van der Waals surface area contributed by atoms with Gasteiger partial charge in [0.25, 0.3) is 11.5 Å². The first-order valence-electron chi connectivity index (χ1n) is 11.1. The number of aliphatic hydroxyl groups is 1. The van der Waals surface area contributed by atoms with E-state index >= 15 is 0 Å². The predicted molar refractivity (Wildman–Crippen MR) is 133 cm³/mol. The second kappa shape index (κ2) is 8.20. The summed E-state index contributed by atoms with van der Waals surface area (Å²) in [5.41, 5.74) is 8.58. The van der Waals surface area contributed by atoms with Crippen molar-refractivity contribution in [3.63, 3.8) is 0 Å². The molecule has 0 saturated heterocycles. The third kappa shape index (κ3) is 3.89. The van der Waals surface area contributed by atoms with Gasteiger partial charge in [0.1, 0.15) is 11.4 Å². The number of H-pyrrole nitrogens is 1. The van der Waals surface area contributed by atoms with Gasteiger partial charge in [-0.05, 0) is 43.7 Å². The molecule has 9 nitrogen and oxygen atoms in total. The minimum Gasteiger partial charge on any atom is -0.378 e. The molecule has 4 aromatic rings. The van der Waals surface area contributed by atoms with Crippen molar-refractivity contribution in [2.24, 2.45) is 12.8 Å². The number of hydrogen-bond donors (Lipinski definition) is 3. The molecule has 5 rings (SSSR count). The molecule has 3 heterocycles. The Morgan fingerprint density at radius 2 is 1.97 bits per heavy atom. The summed E-state index contributed by atoms with van der Waals surface area (Å²) in [6.07, 6.45) is 1.70. The molecule has 9 heteroatoms. The molecule has 0 atom stereocenters. The molecule has 35 heavy (non-hydrogen) atoms. The number of rotatable bonds is 3. The predicted octanol–water partition coefficient (Wildman–Crippen LogP) is 2.07. The molecule has 0 bridgehead atoms. The molecule has 1 aliphatic rings. The fraction of sp³-hybridized carbons (Fsp3) is 0.231. The summed E-state index contributed by atoms with van der Waals surface area (Å²) < 4.78 is 1.66. The topological polar surface area (TPSA) is 130 Å². The molecule has 1 amide bonds. The van der Waals surface area contributed by atoms with Gasteiger partial charge in [-0.25, -0.2) is 5.10 Å². The van der Waals surface area contributed by atoms with Gasteiger partial charge in [0, 0.05) is 41.2 Å². The van der Waals surface area contributed by atoms with Crippen LogP contribution in [0.15, 0.2) is 47.4 Å². The molecule has 0 aliphatic carbocycles. The van der Waals surface area contributed by atoms with Crippen molar-refractivity contribution < 1.29 is 9.90 Å². The third-order valence-electron chi connectivity index (χ3n) is 6.01. The highest BCUT2D eigenvalue weighted by Gasteiger charge is 2.33. The van der Waals surface area contributed by atoms with Crippen molar-refractivity contribution in [1.29, 1.82) is 0 Å². The minimum atomic E-state index is -1.14. The number of benzene rings is 2. The van der Waals surface area contributed by atoms with E-state index in [-0.39, 0.29) is 18.0 Å². The highest BCUT2D eigenvalue weighted by atomic mass is 16.3. The van der Waals surface area contributed by atoms with Crippen molar-refractivity contribution in [1.82, 2.24) is 20.0 Å². The molecule has 176 valence electrons. The molecule has 0 spiro atoms. The Hall–Kier alpha value is -4.26. The number of fused-ring (bicyclic) bond motifs is 2.